The number of piperidine rings is 1. The Morgan fingerprint density at radius 1 is 1.17 bits per heavy atom. The standard InChI is InChI=1S/C26H30N6O2S/c1-32-11-2-3-19(14-32)34-18-8-6-17(7-9-18)28-26-29-20-10-12-35-23(20)25(31-26)30-22-16-5-4-15(13-16)21(22)24(27)33/h4-10,12,15-16,19,21-22H,2-3,11,13-14H2,1H3,(H2,27,33)(H2,28,29,30,31)/t15?,16?,19-,21?,22?/m1/s1. The Morgan fingerprint density at radius 3 is 2.80 bits per heavy atom. The van der Waals surface area contributed by atoms with E-state index in [4.69, 9.17) is 20.4 Å². The van der Waals surface area contributed by atoms with Crippen LogP contribution >= 0.6 is 11.3 Å². The van der Waals surface area contributed by atoms with E-state index in [0.717, 1.165) is 59.8 Å². The predicted molar refractivity (Wildman–Crippen MR) is 139 cm³/mol. The number of hydrogen-bond donors (Lipinski definition) is 3. The third-order valence-electron chi connectivity index (χ3n) is 7.39. The van der Waals surface area contributed by atoms with Gasteiger partial charge in [-0.2, -0.15) is 4.98 Å². The molecule has 0 radical (unpaired) electrons. The first-order valence-electron chi connectivity index (χ1n) is 12.3. The number of likely N-dealkylation sites (N-methyl/N-ethyl adjacent to an activating group) is 1. The molecule has 9 heteroatoms. The van der Waals surface area contributed by atoms with Crippen LogP contribution in [0.5, 0.6) is 5.75 Å². The molecule has 3 aliphatic rings. The Hall–Kier alpha value is -3.17. The molecule has 1 aromatic carbocycles. The van der Waals surface area contributed by atoms with E-state index in [1.54, 1.807) is 11.3 Å². The van der Waals surface area contributed by atoms with Crippen molar-refractivity contribution in [3.05, 3.63) is 47.9 Å². The van der Waals surface area contributed by atoms with Crippen molar-refractivity contribution in [1.82, 2.24) is 14.9 Å². The van der Waals surface area contributed by atoms with Crippen LogP contribution in [0.2, 0.25) is 0 Å². The van der Waals surface area contributed by atoms with Crippen LogP contribution in [0.3, 0.4) is 0 Å². The molecule has 35 heavy (non-hydrogen) atoms. The molecule has 2 aromatic heterocycles. The molecule has 3 aromatic rings. The van der Waals surface area contributed by atoms with E-state index >= 15 is 0 Å². The fourth-order valence-electron chi connectivity index (χ4n) is 5.74. The third-order valence-corrected chi connectivity index (χ3v) is 8.30. The molecule has 1 aliphatic heterocycles. The Morgan fingerprint density at radius 2 is 2.00 bits per heavy atom. The van der Waals surface area contributed by atoms with Crippen molar-refractivity contribution < 1.29 is 9.53 Å². The molecule has 8 nitrogen and oxygen atoms in total. The number of carbonyl (C=O) groups is 1. The summed E-state index contributed by atoms with van der Waals surface area (Å²) in [5.41, 5.74) is 7.52. The lowest BCUT2D eigenvalue weighted by molar-refractivity contribution is -0.122. The second-order valence-corrected chi connectivity index (χ2v) is 10.8. The highest BCUT2D eigenvalue weighted by Crippen LogP contribution is 2.45. The van der Waals surface area contributed by atoms with E-state index in [-0.39, 0.29) is 35.8 Å². The summed E-state index contributed by atoms with van der Waals surface area (Å²) in [6.45, 7) is 2.09. The van der Waals surface area contributed by atoms with Crippen molar-refractivity contribution in [2.75, 3.05) is 30.8 Å². The van der Waals surface area contributed by atoms with Gasteiger partial charge in [-0.15, -0.1) is 11.3 Å². The van der Waals surface area contributed by atoms with Gasteiger partial charge in [0, 0.05) is 18.3 Å². The van der Waals surface area contributed by atoms with Gasteiger partial charge in [-0.05, 0) is 80.4 Å². The molecule has 6 rings (SSSR count). The first-order valence-corrected chi connectivity index (χ1v) is 13.1. The molecule has 182 valence electrons. The van der Waals surface area contributed by atoms with Crippen LogP contribution < -0.4 is 21.1 Å². The minimum Gasteiger partial charge on any atom is -0.489 e. The Labute approximate surface area is 208 Å². The number of fused-ring (bicyclic) bond motifs is 3. The SMILES string of the molecule is CN1CCC[C@@H](Oc2ccc(Nc3nc(NC4C5C=CC(C5)C4C(N)=O)c4sccc4n3)cc2)C1. The van der Waals surface area contributed by atoms with E-state index < -0.39 is 0 Å². The number of benzene rings is 1. The summed E-state index contributed by atoms with van der Waals surface area (Å²) in [5.74, 6) is 2.15. The number of carbonyl (C=O) groups excluding carboxylic acids is 1. The van der Waals surface area contributed by atoms with E-state index in [1.165, 1.54) is 0 Å². The first-order chi connectivity index (χ1) is 17.0. The highest BCUT2D eigenvalue weighted by atomic mass is 32.1. The van der Waals surface area contributed by atoms with Crippen LogP contribution in [-0.2, 0) is 4.79 Å². The molecule has 4 unspecified atom stereocenters. The van der Waals surface area contributed by atoms with E-state index in [9.17, 15) is 4.79 Å². The van der Waals surface area contributed by atoms with Gasteiger partial charge < -0.3 is 26.0 Å². The zero-order valence-electron chi connectivity index (χ0n) is 19.7. The summed E-state index contributed by atoms with van der Waals surface area (Å²) < 4.78 is 7.15. The first kappa shape index (κ1) is 22.3. The lowest BCUT2D eigenvalue weighted by Gasteiger charge is -2.30. The number of hydrogen-bond acceptors (Lipinski definition) is 8. The number of nitrogens with two attached hydrogens (primary N) is 1. The lowest BCUT2D eigenvalue weighted by atomic mass is 9.88. The molecule has 3 heterocycles. The molecule has 0 spiro atoms. The van der Waals surface area contributed by atoms with Gasteiger partial charge in [-0.1, -0.05) is 12.2 Å². The number of likely N-dealkylation sites (tertiary alicyclic amines) is 1. The van der Waals surface area contributed by atoms with E-state index in [1.807, 2.05) is 35.7 Å². The topological polar surface area (TPSA) is 105 Å². The molecule has 4 N–H and O–H groups in total. The van der Waals surface area contributed by atoms with Crippen molar-refractivity contribution in [1.29, 1.82) is 0 Å². The molecular formula is C26H30N6O2S. The largest absolute Gasteiger partial charge is 0.489 e. The number of nitrogens with zero attached hydrogens (tertiary/aromatic N) is 3. The van der Waals surface area contributed by atoms with Gasteiger partial charge in [0.2, 0.25) is 11.9 Å². The second-order valence-electron chi connectivity index (χ2n) is 9.87. The van der Waals surface area contributed by atoms with Gasteiger partial charge in [0.05, 0.1) is 16.1 Å². The number of aromatic nitrogens is 2. The summed E-state index contributed by atoms with van der Waals surface area (Å²) in [6.07, 6.45) is 7.77. The number of amides is 1. The quantitative estimate of drug-likeness (QED) is 0.430. The summed E-state index contributed by atoms with van der Waals surface area (Å²) in [6, 6.07) is 9.88. The number of primary amides is 1. The minimum absolute atomic E-state index is 0.0502. The van der Waals surface area contributed by atoms with E-state index in [2.05, 4.69) is 34.7 Å². The maximum Gasteiger partial charge on any atom is 0.229 e. The molecule has 1 saturated carbocycles. The number of rotatable bonds is 7. The van der Waals surface area contributed by atoms with Crippen LogP contribution in [0, 0.1) is 17.8 Å². The van der Waals surface area contributed by atoms with Crippen LogP contribution in [0.4, 0.5) is 17.5 Å². The van der Waals surface area contributed by atoms with Crippen LogP contribution in [0.1, 0.15) is 19.3 Å². The molecule has 2 bridgehead atoms. The average Bonchev–Trinajstić information content (AvgIpc) is 3.57. The average molecular weight is 491 g/mol. The van der Waals surface area contributed by atoms with Crippen LogP contribution in [0.15, 0.2) is 47.9 Å². The molecule has 1 saturated heterocycles. The number of anilines is 3. The molecule has 2 aliphatic carbocycles. The molecule has 5 atom stereocenters. The van der Waals surface area contributed by atoms with Gasteiger partial charge in [0.25, 0.3) is 0 Å². The number of ether oxygens (including phenoxy) is 1. The minimum atomic E-state index is -0.253. The summed E-state index contributed by atoms with van der Waals surface area (Å²) in [5, 5.41) is 8.90. The van der Waals surface area contributed by atoms with Crippen molar-refractivity contribution >= 4 is 44.9 Å². The zero-order valence-corrected chi connectivity index (χ0v) is 20.5. The van der Waals surface area contributed by atoms with Gasteiger partial charge >= 0.3 is 0 Å². The second kappa shape index (κ2) is 9.13. The molecule has 1 amide bonds. The monoisotopic (exact) mass is 490 g/mol. The number of nitrogens with one attached hydrogen (secondary N) is 2. The van der Waals surface area contributed by atoms with E-state index in [0.29, 0.717) is 5.95 Å². The maximum absolute atomic E-state index is 12.2. The summed E-state index contributed by atoms with van der Waals surface area (Å²) in [7, 11) is 2.14. The molecule has 2 fully saturated rings. The Bertz CT molecular complexity index is 1260. The van der Waals surface area contributed by atoms with Gasteiger partial charge in [0.15, 0.2) is 0 Å². The Kier molecular flexibility index (Phi) is 5.82. The fourth-order valence-corrected chi connectivity index (χ4v) is 6.52. The third kappa shape index (κ3) is 4.46. The zero-order chi connectivity index (χ0) is 23.9. The van der Waals surface area contributed by atoms with Crippen LogP contribution in [-0.4, -0.2) is 53.1 Å². The molecular weight excluding hydrogens is 460 g/mol. The summed E-state index contributed by atoms with van der Waals surface area (Å²) in [4.78, 5) is 24.0. The van der Waals surface area contributed by atoms with Crippen LogP contribution in [0.25, 0.3) is 10.2 Å². The highest BCUT2D eigenvalue weighted by molar-refractivity contribution is 7.17. The van der Waals surface area contributed by atoms with Gasteiger partial charge in [-0.3, -0.25) is 4.79 Å². The Balaban J connectivity index is 1.20. The van der Waals surface area contributed by atoms with Gasteiger partial charge in [-0.25, -0.2) is 4.98 Å². The highest BCUT2D eigenvalue weighted by Gasteiger charge is 2.47. The number of allylic oxidation sites excluding steroid dienone is 1. The number of thiophene rings is 1. The smallest absolute Gasteiger partial charge is 0.229 e. The lowest BCUT2D eigenvalue weighted by Crippen LogP contribution is -2.41. The van der Waals surface area contributed by atoms with Crippen molar-refractivity contribution in [2.24, 2.45) is 23.5 Å². The summed E-state index contributed by atoms with van der Waals surface area (Å²) >= 11 is 1.59. The van der Waals surface area contributed by atoms with Crippen molar-refractivity contribution in [3.8, 4) is 5.75 Å². The predicted octanol–water partition coefficient (Wildman–Crippen LogP) is 4.00. The fraction of sp³-hybridized carbons (Fsp3) is 0.423. The maximum atomic E-state index is 12.2. The van der Waals surface area contributed by atoms with Crippen molar-refractivity contribution in [2.45, 2.75) is 31.4 Å². The van der Waals surface area contributed by atoms with Crippen molar-refractivity contribution in [3.63, 3.8) is 0 Å². The van der Waals surface area contributed by atoms with Gasteiger partial charge in [0.1, 0.15) is 17.7 Å². The normalized spacial score (nSPS) is 27.9.